The molecule has 0 aliphatic heterocycles. The molecule has 0 atom stereocenters. The van der Waals surface area contributed by atoms with Crippen molar-refractivity contribution in [3.8, 4) is 17.0 Å². The first kappa shape index (κ1) is 16.8. The van der Waals surface area contributed by atoms with Crippen LogP contribution in [-0.4, -0.2) is 17.5 Å². The summed E-state index contributed by atoms with van der Waals surface area (Å²) in [7, 11) is 0. The smallest absolute Gasteiger partial charge is 0.262 e. The van der Waals surface area contributed by atoms with E-state index in [1.54, 1.807) is 11.3 Å². The van der Waals surface area contributed by atoms with Gasteiger partial charge in [0.25, 0.3) is 5.91 Å². The molecule has 4 nitrogen and oxygen atoms in total. The number of aromatic nitrogens is 1. The Labute approximate surface area is 156 Å². The van der Waals surface area contributed by atoms with Crippen LogP contribution in [-0.2, 0) is 17.6 Å². The first-order chi connectivity index (χ1) is 12.7. The highest BCUT2D eigenvalue weighted by atomic mass is 32.1. The third-order valence-corrected chi connectivity index (χ3v) is 5.27. The number of amides is 1. The maximum Gasteiger partial charge on any atom is 0.262 e. The number of benzene rings is 2. The summed E-state index contributed by atoms with van der Waals surface area (Å²) in [5.74, 6) is 0.588. The molecule has 1 aliphatic rings. The van der Waals surface area contributed by atoms with E-state index in [1.807, 2.05) is 42.6 Å². The van der Waals surface area contributed by atoms with Crippen molar-refractivity contribution in [3.63, 3.8) is 0 Å². The lowest BCUT2D eigenvalue weighted by Crippen LogP contribution is -2.20. The van der Waals surface area contributed by atoms with Gasteiger partial charge in [-0.05, 0) is 61.6 Å². The first-order valence-corrected chi connectivity index (χ1v) is 9.62. The fourth-order valence-electron chi connectivity index (χ4n) is 3.24. The van der Waals surface area contributed by atoms with Crippen molar-refractivity contribution >= 4 is 22.9 Å². The monoisotopic (exact) mass is 364 g/mol. The topological polar surface area (TPSA) is 51.2 Å². The molecule has 5 heteroatoms. The van der Waals surface area contributed by atoms with Crippen molar-refractivity contribution in [1.82, 2.24) is 4.98 Å². The molecule has 1 heterocycles. The summed E-state index contributed by atoms with van der Waals surface area (Å²) in [6.45, 7) is 1.98. The second-order valence-corrected chi connectivity index (χ2v) is 7.52. The Hall–Kier alpha value is -2.66. The zero-order chi connectivity index (χ0) is 17.9. The molecule has 1 aromatic heterocycles. The fourth-order valence-corrected chi connectivity index (χ4v) is 3.86. The van der Waals surface area contributed by atoms with Gasteiger partial charge in [-0.15, -0.1) is 11.3 Å². The molecular formula is C21H20N2O2S. The van der Waals surface area contributed by atoms with Crippen LogP contribution >= 0.6 is 11.3 Å². The molecule has 132 valence electrons. The number of anilines is 1. The summed E-state index contributed by atoms with van der Waals surface area (Å²) in [6, 6.07) is 13.8. The summed E-state index contributed by atoms with van der Waals surface area (Å²) in [5, 5.41) is 5.94. The Morgan fingerprint density at radius 3 is 2.92 bits per heavy atom. The van der Waals surface area contributed by atoms with E-state index in [2.05, 4.69) is 22.4 Å². The minimum Gasteiger partial charge on any atom is -0.484 e. The maximum atomic E-state index is 12.2. The lowest BCUT2D eigenvalue weighted by atomic mass is 10.1. The van der Waals surface area contributed by atoms with Gasteiger partial charge in [0, 0.05) is 16.6 Å². The van der Waals surface area contributed by atoms with E-state index >= 15 is 0 Å². The van der Waals surface area contributed by atoms with Gasteiger partial charge in [-0.3, -0.25) is 4.79 Å². The van der Waals surface area contributed by atoms with Gasteiger partial charge in [0.05, 0.1) is 10.7 Å². The van der Waals surface area contributed by atoms with Gasteiger partial charge in [-0.25, -0.2) is 4.98 Å². The highest BCUT2D eigenvalue weighted by Crippen LogP contribution is 2.26. The predicted molar refractivity (Wildman–Crippen MR) is 105 cm³/mol. The summed E-state index contributed by atoms with van der Waals surface area (Å²) < 4.78 is 5.66. The first-order valence-electron chi connectivity index (χ1n) is 8.74. The third-order valence-electron chi connectivity index (χ3n) is 4.50. The lowest BCUT2D eigenvalue weighted by Gasteiger charge is -2.09. The molecule has 26 heavy (non-hydrogen) atoms. The second-order valence-electron chi connectivity index (χ2n) is 6.45. The van der Waals surface area contributed by atoms with Gasteiger partial charge in [-0.2, -0.15) is 0 Å². The maximum absolute atomic E-state index is 12.2. The highest BCUT2D eigenvalue weighted by molar-refractivity contribution is 7.09. The van der Waals surface area contributed by atoms with Crippen LogP contribution < -0.4 is 10.1 Å². The number of aryl methyl sites for hydroxylation is 3. The standard InChI is InChI=1S/C21H20N2O2S/c1-14-22-20(13-26-14)17-6-3-7-18(10-17)23-21(24)12-25-19-9-8-15-4-2-5-16(15)11-19/h3,6-11,13H,2,4-5,12H2,1H3,(H,23,24). The number of ether oxygens (including phenoxy) is 1. The van der Waals surface area contributed by atoms with E-state index in [4.69, 9.17) is 4.74 Å². The second kappa shape index (κ2) is 7.30. The minimum atomic E-state index is -0.169. The number of hydrogen-bond donors (Lipinski definition) is 1. The van der Waals surface area contributed by atoms with E-state index < -0.39 is 0 Å². The van der Waals surface area contributed by atoms with Crippen molar-refractivity contribution in [2.75, 3.05) is 11.9 Å². The van der Waals surface area contributed by atoms with Crippen LogP contribution in [0.2, 0.25) is 0 Å². The summed E-state index contributed by atoms with van der Waals surface area (Å²) in [5.41, 5.74) is 5.41. The van der Waals surface area contributed by atoms with Crippen LogP contribution in [0.25, 0.3) is 11.3 Å². The van der Waals surface area contributed by atoms with E-state index in [1.165, 1.54) is 17.5 Å². The van der Waals surface area contributed by atoms with Crippen molar-refractivity contribution in [2.45, 2.75) is 26.2 Å². The fraction of sp³-hybridized carbons (Fsp3) is 0.238. The van der Waals surface area contributed by atoms with Crippen LogP contribution in [0.4, 0.5) is 5.69 Å². The number of hydrogen-bond acceptors (Lipinski definition) is 4. The Kier molecular flexibility index (Phi) is 4.71. The number of fused-ring (bicyclic) bond motifs is 1. The average molecular weight is 364 g/mol. The van der Waals surface area contributed by atoms with Crippen LogP contribution in [0, 0.1) is 6.92 Å². The lowest BCUT2D eigenvalue weighted by molar-refractivity contribution is -0.118. The summed E-state index contributed by atoms with van der Waals surface area (Å²) >= 11 is 1.61. The van der Waals surface area contributed by atoms with Gasteiger partial charge in [0.1, 0.15) is 5.75 Å². The van der Waals surface area contributed by atoms with Crippen molar-refractivity contribution in [3.05, 3.63) is 64.0 Å². The number of rotatable bonds is 5. The average Bonchev–Trinajstić information content (AvgIpc) is 3.28. The molecule has 2 aromatic carbocycles. The Bertz CT molecular complexity index is 949. The SMILES string of the molecule is Cc1nc(-c2cccc(NC(=O)COc3ccc4c(c3)CCC4)c2)cs1. The molecule has 1 N–H and O–H groups in total. The molecule has 0 radical (unpaired) electrons. The largest absolute Gasteiger partial charge is 0.484 e. The summed E-state index contributed by atoms with van der Waals surface area (Å²) in [4.78, 5) is 16.7. The molecular weight excluding hydrogens is 344 g/mol. The molecule has 0 fully saturated rings. The highest BCUT2D eigenvalue weighted by Gasteiger charge is 2.12. The normalized spacial score (nSPS) is 12.7. The zero-order valence-electron chi connectivity index (χ0n) is 14.6. The van der Waals surface area contributed by atoms with Crippen LogP contribution in [0.5, 0.6) is 5.75 Å². The van der Waals surface area contributed by atoms with Crippen LogP contribution in [0.15, 0.2) is 47.8 Å². The molecule has 0 spiro atoms. The van der Waals surface area contributed by atoms with Crippen molar-refractivity contribution < 1.29 is 9.53 Å². The van der Waals surface area contributed by atoms with Crippen LogP contribution in [0.3, 0.4) is 0 Å². The van der Waals surface area contributed by atoms with Gasteiger partial charge < -0.3 is 10.1 Å². The van der Waals surface area contributed by atoms with E-state index in [0.717, 1.165) is 40.5 Å². The minimum absolute atomic E-state index is 0.00117. The molecule has 1 amide bonds. The molecule has 0 saturated carbocycles. The van der Waals surface area contributed by atoms with Gasteiger partial charge in [-0.1, -0.05) is 18.2 Å². The molecule has 3 aromatic rings. The van der Waals surface area contributed by atoms with Crippen LogP contribution in [0.1, 0.15) is 22.6 Å². The molecule has 4 rings (SSSR count). The number of nitrogens with one attached hydrogen (secondary N) is 1. The Morgan fingerprint density at radius 2 is 2.08 bits per heavy atom. The number of nitrogens with zero attached hydrogens (tertiary/aromatic N) is 1. The van der Waals surface area contributed by atoms with Gasteiger partial charge in [0.15, 0.2) is 6.61 Å². The van der Waals surface area contributed by atoms with Gasteiger partial charge in [0.2, 0.25) is 0 Å². The number of thiazole rings is 1. The van der Waals surface area contributed by atoms with E-state index in [9.17, 15) is 4.79 Å². The van der Waals surface area contributed by atoms with Gasteiger partial charge >= 0.3 is 0 Å². The third kappa shape index (κ3) is 3.78. The number of carbonyl (C=O) groups excluding carboxylic acids is 1. The Morgan fingerprint density at radius 1 is 1.19 bits per heavy atom. The predicted octanol–water partition coefficient (Wildman–Crippen LogP) is 4.62. The molecule has 1 aliphatic carbocycles. The van der Waals surface area contributed by atoms with Crippen molar-refractivity contribution in [1.29, 1.82) is 0 Å². The number of carbonyl (C=O) groups is 1. The van der Waals surface area contributed by atoms with E-state index in [0.29, 0.717) is 0 Å². The van der Waals surface area contributed by atoms with E-state index in [-0.39, 0.29) is 12.5 Å². The molecule has 0 bridgehead atoms. The van der Waals surface area contributed by atoms with Crippen molar-refractivity contribution in [2.24, 2.45) is 0 Å². The molecule has 0 saturated heterocycles. The molecule has 0 unspecified atom stereocenters. The quantitative estimate of drug-likeness (QED) is 0.718. The summed E-state index contributed by atoms with van der Waals surface area (Å²) in [6.07, 6.45) is 3.45. The zero-order valence-corrected chi connectivity index (χ0v) is 15.4. The Balaban J connectivity index is 1.37.